The molecule has 1 aromatic heterocycles. The minimum absolute atomic E-state index is 0.000658. The first-order chi connectivity index (χ1) is 15.9. The highest BCUT2D eigenvalue weighted by atomic mass is 79.9. The van der Waals surface area contributed by atoms with Gasteiger partial charge >= 0.3 is 5.97 Å². The Labute approximate surface area is 200 Å². The summed E-state index contributed by atoms with van der Waals surface area (Å²) in [5.41, 5.74) is 11.7. The number of benzene rings is 3. The summed E-state index contributed by atoms with van der Waals surface area (Å²) in [6.07, 6.45) is 1.36. The lowest BCUT2D eigenvalue weighted by Crippen LogP contribution is -2.10. The summed E-state index contributed by atoms with van der Waals surface area (Å²) in [5.74, 6) is -0.168. The molecule has 6 nitrogen and oxygen atoms in total. The molecule has 0 aliphatic carbocycles. The number of aromatic amines is 1. The molecule has 0 aliphatic rings. The Hall–Kier alpha value is -3.58. The van der Waals surface area contributed by atoms with E-state index >= 15 is 0 Å². The third-order valence-corrected chi connectivity index (χ3v) is 6.28. The van der Waals surface area contributed by atoms with Gasteiger partial charge in [0, 0.05) is 34.9 Å². The van der Waals surface area contributed by atoms with Gasteiger partial charge in [-0.2, -0.15) is 0 Å². The molecule has 0 aliphatic heterocycles. The van der Waals surface area contributed by atoms with E-state index in [0.29, 0.717) is 28.4 Å². The molecule has 33 heavy (non-hydrogen) atoms. The second kappa shape index (κ2) is 9.50. The second-order valence-electron chi connectivity index (χ2n) is 7.86. The maximum atomic E-state index is 11.6. The molecule has 1 heterocycles. The third kappa shape index (κ3) is 4.78. The Kier molecular flexibility index (Phi) is 6.51. The molecule has 0 fully saturated rings. The van der Waals surface area contributed by atoms with Crippen LogP contribution in [0, 0.1) is 5.41 Å². The first-order valence-corrected chi connectivity index (χ1v) is 11.3. The van der Waals surface area contributed by atoms with Gasteiger partial charge in [0.25, 0.3) is 0 Å². The van der Waals surface area contributed by atoms with Crippen LogP contribution in [0.1, 0.15) is 28.7 Å². The van der Waals surface area contributed by atoms with Crippen LogP contribution in [0.3, 0.4) is 0 Å². The number of fused-ring (bicyclic) bond motifs is 1. The lowest BCUT2D eigenvalue weighted by molar-refractivity contribution is -0.140. The van der Waals surface area contributed by atoms with E-state index in [1.807, 2.05) is 42.5 Å². The van der Waals surface area contributed by atoms with Crippen LogP contribution in [-0.4, -0.2) is 29.0 Å². The van der Waals surface area contributed by atoms with Crippen LogP contribution in [0.5, 0.6) is 5.75 Å². The number of halogens is 1. The van der Waals surface area contributed by atoms with Crippen molar-refractivity contribution in [3.8, 4) is 17.0 Å². The Bertz CT molecular complexity index is 1350. The highest BCUT2D eigenvalue weighted by Crippen LogP contribution is 2.41. The molecule has 7 heteroatoms. The van der Waals surface area contributed by atoms with Gasteiger partial charge in [0.05, 0.1) is 17.3 Å². The van der Waals surface area contributed by atoms with Gasteiger partial charge < -0.3 is 20.6 Å². The summed E-state index contributed by atoms with van der Waals surface area (Å²) in [7, 11) is 1.37. The zero-order valence-corrected chi connectivity index (χ0v) is 19.7. The van der Waals surface area contributed by atoms with Crippen molar-refractivity contribution >= 4 is 38.6 Å². The number of ether oxygens (including phenoxy) is 1. The number of carbonyl (C=O) groups excluding carboxylic acids is 1. The standard InChI is InChI=1S/C26H24BrN3O3/c1-33-23(31)10-7-16-12-20(25(32)21(27)13-16)24-19(11-15-5-3-2-4-6-15)18-14-17(26(28)29)8-9-22(18)30-24/h2-6,8-9,12-14,30,32H,7,10-11H2,1H3,(H3,28,29). The maximum Gasteiger partial charge on any atom is 0.305 e. The zero-order chi connectivity index (χ0) is 23.5. The van der Waals surface area contributed by atoms with Crippen LogP contribution in [-0.2, 0) is 22.4 Å². The van der Waals surface area contributed by atoms with Gasteiger partial charge in [-0.1, -0.05) is 30.3 Å². The van der Waals surface area contributed by atoms with Crippen LogP contribution in [0.25, 0.3) is 22.2 Å². The number of methoxy groups -OCH3 is 1. The van der Waals surface area contributed by atoms with Crippen LogP contribution in [0.4, 0.5) is 0 Å². The van der Waals surface area contributed by atoms with Crippen molar-refractivity contribution in [2.45, 2.75) is 19.3 Å². The van der Waals surface area contributed by atoms with Crippen molar-refractivity contribution in [1.82, 2.24) is 4.98 Å². The molecule has 0 saturated carbocycles. The van der Waals surface area contributed by atoms with E-state index in [9.17, 15) is 9.90 Å². The van der Waals surface area contributed by atoms with Gasteiger partial charge in [0.2, 0.25) is 0 Å². The molecular weight excluding hydrogens is 482 g/mol. The number of carbonyl (C=O) groups is 1. The first-order valence-electron chi connectivity index (χ1n) is 10.5. The summed E-state index contributed by atoms with van der Waals surface area (Å²) in [6.45, 7) is 0. The fourth-order valence-electron chi connectivity index (χ4n) is 3.97. The summed E-state index contributed by atoms with van der Waals surface area (Å²) in [6, 6.07) is 19.4. The summed E-state index contributed by atoms with van der Waals surface area (Å²) < 4.78 is 5.31. The molecule has 4 rings (SSSR count). The van der Waals surface area contributed by atoms with Gasteiger partial charge in [0.15, 0.2) is 0 Å². The molecule has 0 radical (unpaired) electrons. The molecule has 0 spiro atoms. The van der Waals surface area contributed by atoms with E-state index in [0.717, 1.165) is 33.3 Å². The number of aromatic nitrogens is 1. The lowest BCUT2D eigenvalue weighted by atomic mass is 9.96. The molecule has 0 unspecified atom stereocenters. The fourth-order valence-corrected chi connectivity index (χ4v) is 4.47. The molecule has 5 N–H and O–H groups in total. The van der Waals surface area contributed by atoms with Crippen LogP contribution >= 0.6 is 15.9 Å². The normalized spacial score (nSPS) is 11.0. The van der Waals surface area contributed by atoms with E-state index in [2.05, 4.69) is 33.0 Å². The molecule has 3 aromatic carbocycles. The number of amidine groups is 1. The predicted molar refractivity (Wildman–Crippen MR) is 134 cm³/mol. The zero-order valence-electron chi connectivity index (χ0n) is 18.1. The van der Waals surface area contributed by atoms with Gasteiger partial charge in [-0.25, -0.2) is 0 Å². The largest absolute Gasteiger partial charge is 0.506 e. The Morgan fingerprint density at radius 3 is 2.58 bits per heavy atom. The molecule has 0 saturated heterocycles. The van der Waals surface area contributed by atoms with Crippen LogP contribution in [0.2, 0.25) is 0 Å². The second-order valence-corrected chi connectivity index (χ2v) is 8.72. The number of aryl methyl sites for hydroxylation is 1. The lowest BCUT2D eigenvalue weighted by Gasteiger charge is -2.12. The van der Waals surface area contributed by atoms with Crippen molar-refractivity contribution in [2.75, 3.05) is 7.11 Å². The number of hydrogen-bond donors (Lipinski definition) is 4. The highest BCUT2D eigenvalue weighted by molar-refractivity contribution is 9.10. The van der Waals surface area contributed by atoms with Gasteiger partial charge in [0.1, 0.15) is 11.6 Å². The number of rotatable bonds is 7. The summed E-state index contributed by atoms with van der Waals surface area (Å²) >= 11 is 3.46. The molecule has 168 valence electrons. The minimum Gasteiger partial charge on any atom is -0.506 e. The third-order valence-electron chi connectivity index (χ3n) is 5.68. The number of nitrogens with two attached hydrogens (primary N) is 1. The van der Waals surface area contributed by atoms with Crippen molar-refractivity contribution in [3.63, 3.8) is 0 Å². The number of hydrogen-bond acceptors (Lipinski definition) is 4. The SMILES string of the molecule is COC(=O)CCc1cc(Br)c(O)c(-c2[nH]c3ccc(C(=N)N)cc3c2Cc2ccccc2)c1. The topological polar surface area (TPSA) is 112 Å². The highest BCUT2D eigenvalue weighted by Gasteiger charge is 2.19. The number of aromatic hydroxyl groups is 1. The Morgan fingerprint density at radius 1 is 1.12 bits per heavy atom. The number of phenolic OH excluding ortho intramolecular Hbond substituents is 1. The van der Waals surface area contributed by atoms with Crippen molar-refractivity contribution in [3.05, 3.63) is 87.4 Å². The van der Waals surface area contributed by atoms with Gasteiger partial charge in [-0.3, -0.25) is 10.2 Å². The predicted octanol–water partition coefficient (Wildman–Crippen LogP) is 5.28. The molecule has 0 amide bonds. The number of nitrogen functional groups attached to an aromatic ring is 1. The quantitative estimate of drug-likeness (QED) is 0.155. The van der Waals surface area contributed by atoms with E-state index in [1.165, 1.54) is 7.11 Å². The van der Waals surface area contributed by atoms with Crippen molar-refractivity contribution in [1.29, 1.82) is 5.41 Å². The average Bonchev–Trinajstić information content (AvgIpc) is 3.17. The van der Waals surface area contributed by atoms with Crippen molar-refractivity contribution in [2.24, 2.45) is 5.73 Å². The number of esters is 1. The summed E-state index contributed by atoms with van der Waals surface area (Å²) in [4.78, 5) is 15.1. The van der Waals surface area contributed by atoms with E-state index < -0.39 is 0 Å². The number of nitrogens with one attached hydrogen (secondary N) is 2. The van der Waals surface area contributed by atoms with E-state index in [4.69, 9.17) is 15.9 Å². The first kappa shape index (κ1) is 22.6. The van der Waals surface area contributed by atoms with Crippen molar-refractivity contribution < 1.29 is 14.6 Å². The maximum absolute atomic E-state index is 11.6. The Morgan fingerprint density at radius 2 is 1.88 bits per heavy atom. The van der Waals surface area contributed by atoms with E-state index in [-0.39, 0.29) is 24.0 Å². The smallest absolute Gasteiger partial charge is 0.305 e. The van der Waals surface area contributed by atoms with E-state index in [1.54, 1.807) is 6.07 Å². The van der Waals surface area contributed by atoms with Gasteiger partial charge in [-0.15, -0.1) is 0 Å². The average molecular weight is 506 g/mol. The van der Waals surface area contributed by atoms with Crippen LogP contribution < -0.4 is 5.73 Å². The number of phenols is 1. The molecular formula is C26H24BrN3O3. The molecule has 0 bridgehead atoms. The fraction of sp³-hybridized carbons (Fsp3) is 0.154. The number of H-pyrrole nitrogens is 1. The molecule has 4 aromatic rings. The molecule has 0 atom stereocenters. The van der Waals surface area contributed by atoms with Crippen LogP contribution in [0.15, 0.2) is 65.1 Å². The van der Waals surface area contributed by atoms with Gasteiger partial charge in [-0.05, 0) is 69.4 Å². The summed E-state index contributed by atoms with van der Waals surface area (Å²) in [5, 5.41) is 19.7. The Balaban J connectivity index is 1.89. The monoisotopic (exact) mass is 505 g/mol. The minimum atomic E-state index is -0.284.